The smallest absolute Gasteiger partial charge is 0.336 e. The maximum Gasteiger partial charge on any atom is 0.336 e. The topological polar surface area (TPSA) is 116 Å². The van der Waals surface area contributed by atoms with Crippen LogP contribution in [0.25, 0.3) is 33.4 Å². The third-order valence-corrected chi connectivity index (χ3v) is 7.20. The summed E-state index contributed by atoms with van der Waals surface area (Å²) in [5.41, 5.74) is 4.30. The van der Waals surface area contributed by atoms with Crippen molar-refractivity contribution in [2.75, 3.05) is 11.1 Å². The summed E-state index contributed by atoms with van der Waals surface area (Å²) < 4.78 is 0. The Balaban J connectivity index is 1.29. The van der Waals surface area contributed by atoms with Crippen molar-refractivity contribution in [2.45, 2.75) is 5.03 Å². The largest absolute Gasteiger partial charge is 0.478 e. The number of carboxylic acids is 1. The molecular formula is C30H19ClN4O3S. The molecule has 190 valence electrons. The number of halogens is 1. The molecule has 0 saturated carbocycles. The van der Waals surface area contributed by atoms with Gasteiger partial charge < -0.3 is 10.4 Å². The molecular weight excluding hydrogens is 532 g/mol. The maximum absolute atomic E-state index is 12.7. The van der Waals surface area contributed by atoms with Gasteiger partial charge in [0.1, 0.15) is 11.1 Å². The van der Waals surface area contributed by atoms with Gasteiger partial charge in [0.25, 0.3) is 0 Å². The Hall–Kier alpha value is -4.71. The Morgan fingerprint density at radius 3 is 2.41 bits per heavy atom. The number of nitrogens with zero attached hydrogens (tertiary/aromatic N) is 3. The predicted octanol–water partition coefficient (Wildman–Crippen LogP) is 6.92. The molecule has 1 amide bonds. The second-order valence-corrected chi connectivity index (χ2v) is 9.80. The summed E-state index contributed by atoms with van der Waals surface area (Å²) in [6.07, 6.45) is 0. The Morgan fingerprint density at radius 2 is 1.67 bits per heavy atom. The number of aromatic carboxylic acids is 1. The lowest BCUT2D eigenvalue weighted by molar-refractivity contribution is -0.113. The molecule has 0 atom stereocenters. The number of carbonyl (C=O) groups is 2. The zero-order chi connectivity index (χ0) is 27.4. The summed E-state index contributed by atoms with van der Waals surface area (Å²) in [5, 5.41) is 23.5. The van der Waals surface area contributed by atoms with Crippen molar-refractivity contribution in [2.24, 2.45) is 0 Å². The van der Waals surface area contributed by atoms with Gasteiger partial charge in [-0.15, -0.1) is 0 Å². The number of fused-ring (bicyclic) bond motifs is 1. The summed E-state index contributed by atoms with van der Waals surface area (Å²) in [4.78, 5) is 33.6. The van der Waals surface area contributed by atoms with E-state index in [2.05, 4.69) is 21.4 Å². The third-order valence-electron chi connectivity index (χ3n) is 5.88. The first-order valence-electron chi connectivity index (χ1n) is 11.7. The number of para-hydroxylation sites is 1. The number of hydrogen-bond donors (Lipinski definition) is 2. The molecule has 5 aromatic rings. The van der Waals surface area contributed by atoms with Crippen LogP contribution in [0, 0.1) is 11.3 Å². The minimum Gasteiger partial charge on any atom is -0.478 e. The molecule has 39 heavy (non-hydrogen) atoms. The van der Waals surface area contributed by atoms with Crippen LogP contribution < -0.4 is 5.32 Å². The van der Waals surface area contributed by atoms with Crippen molar-refractivity contribution < 1.29 is 14.7 Å². The van der Waals surface area contributed by atoms with Crippen LogP contribution in [0.15, 0.2) is 96.0 Å². The molecule has 2 heterocycles. The SMILES string of the molecule is N#Cc1ccc(-c2ccccc2Cl)nc1SCC(=O)Nc1ccc(-c2cc(C(=O)O)c3ccccc3n2)cc1. The number of hydrogen-bond acceptors (Lipinski definition) is 6. The summed E-state index contributed by atoms with van der Waals surface area (Å²) in [6.45, 7) is 0. The van der Waals surface area contributed by atoms with Gasteiger partial charge in [-0.2, -0.15) is 5.26 Å². The Morgan fingerprint density at radius 1 is 0.923 bits per heavy atom. The van der Waals surface area contributed by atoms with Gasteiger partial charge in [0.05, 0.1) is 33.8 Å². The normalized spacial score (nSPS) is 10.7. The van der Waals surface area contributed by atoms with Gasteiger partial charge in [0, 0.05) is 27.2 Å². The number of anilines is 1. The number of nitrogens with one attached hydrogen (secondary N) is 1. The van der Waals surface area contributed by atoms with E-state index in [4.69, 9.17) is 11.6 Å². The van der Waals surface area contributed by atoms with Gasteiger partial charge in [0.15, 0.2) is 0 Å². The van der Waals surface area contributed by atoms with E-state index in [1.54, 1.807) is 66.7 Å². The number of nitriles is 1. The lowest BCUT2D eigenvalue weighted by Crippen LogP contribution is -2.14. The van der Waals surface area contributed by atoms with Crippen LogP contribution in [0.3, 0.4) is 0 Å². The van der Waals surface area contributed by atoms with E-state index in [1.807, 2.05) is 24.3 Å². The van der Waals surface area contributed by atoms with E-state index < -0.39 is 5.97 Å². The molecule has 0 bridgehead atoms. The van der Waals surface area contributed by atoms with Crippen LogP contribution in [0.2, 0.25) is 5.02 Å². The predicted molar refractivity (Wildman–Crippen MR) is 153 cm³/mol. The van der Waals surface area contributed by atoms with Crippen LogP contribution in [0.5, 0.6) is 0 Å². The van der Waals surface area contributed by atoms with E-state index in [0.29, 0.717) is 43.6 Å². The first kappa shape index (κ1) is 25.9. The number of carboxylic acid groups (broad SMARTS) is 1. The molecule has 2 aromatic heterocycles. The Kier molecular flexibility index (Phi) is 7.55. The van der Waals surface area contributed by atoms with Crippen molar-refractivity contribution in [3.63, 3.8) is 0 Å². The highest BCUT2D eigenvalue weighted by Crippen LogP contribution is 2.30. The highest BCUT2D eigenvalue weighted by Gasteiger charge is 2.14. The monoisotopic (exact) mass is 550 g/mol. The fourth-order valence-corrected chi connectivity index (χ4v) is 5.01. The highest BCUT2D eigenvalue weighted by atomic mass is 35.5. The molecule has 9 heteroatoms. The standard InChI is InChI=1S/C30H19ClN4O3S/c31-24-7-3-1-6-22(24)26-14-11-19(16-32)29(35-26)39-17-28(36)33-20-12-9-18(10-13-20)27-15-23(30(37)38)21-5-2-4-8-25(21)34-27/h1-15H,17H2,(H,33,36)(H,37,38). The molecule has 0 radical (unpaired) electrons. The number of pyridine rings is 2. The first-order valence-corrected chi connectivity index (χ1v) is 13.1. The maximum atomic E-state index is 12.7. The van der Waals surface area contributed by atoms with Crippen molar-refractivity contribution in [1.29, 1.82) is 5.26 Å². The molecule has 7 nitrogen and oxygen atoms in total. The lowest BCUT2D eigenvalue weighted by atomic mass is 10.0. The summed E-state index contributed by atoms with van der Waals surface area (Å²) in [7, 11) is 0. The van der Waals surface area contributed by atoms with Crippen molar-refractivity contribution >= 4 is 51.8 Å². The summed E-state index contributed by atoms with van der Waals surface area (Å²) in [6, 6.07) is 28.4. The molecule has 2 N–H and O–H groups in total. The highest BCUT2D eigenvalue weighted by molar-refractivity contribution is 8.00. The molecule has 0 fully saturated rings. The number of carbonyl (C=O) groups excluding carboxylic acids is 1. The molecule has 0 aliphatic carbocycles. The van der Waals surface area contributed by atoms with Crippen LogP contribution >= 0.6 is 23.4 Å². The zero-order valence-electron chi connectivity index (χ0n) is 20.3. The minimum absolute atomic E-state index is 0.0452. The quantitative estimate of drug-likeness (QED) is 0.211. The molecule has 0 spiro atoms. The second kappa shape index (κ2) is 11.4. The average Bonchev–Trinajstić information content (AvgIpc) is 2.96. The van der Waals surface area contributed by atoms with E-state index in [-0.39, 0.29) is 17.2 Å². The van der Waals surface area contributed by atoms with E-state index in [0.717, 1.165) is 22.9 Å². The molecule has 0 aliphatic heterocycles. The third kappa shape index (κ3) is 5.75. The molecule has 3 aromatic carbocycles. The van der Waals surface area contributed by atoms with Crippen LogP contribution in [-0.2, 0) is 4.79 Å². The van der Waals surface area contributed by atoms with Gasteiger partial charge in [-0.05, 0) is 42.5 Å². The summed E-state index contributed by atoms with van der Waals surface area (Å²) >= 11 is 7.46. The molecule has 0 saturated heterocycles. The second-order valence-electron chi connectivity index (χ2n) is 8.43. The van der Waals surface area contributed by atoms with Crippen molar-refractivity contribution in [3.05, 3.63) is 107 Å². The number of rotatable bonds is 7. The van der Waals surface area contributed by atoms with Gasteiger partial charge in [0.2, 0.25) is 5.91 Å². The number of benzene rings is 3. The van der Waals surface area contributed by atoms with Crippen LogP contribution in [-0.4, -0.2) is 32.7 Å². The van der Waals surface area contributed by atoms with E-state index in [1.165, 1.54) is 0 Å². The Bertz CT molecular complexity index is 1770. The average molecular weight is 551 g/mol. The number of thioether (sulfide) groups is 1. The molecule has 0 aliphatic rings. The van der Waals surface area contributed by atoms with Crippen molar-refractivity contribution in [1.82, 2.24) is 9.97 Å². The van der Waals surface area contributed by atoms with Gasteiger partial charge in [-0.25, -0.2) is 14.8 Å². The number of aromatic nitrogens is 2. The molecule has 5 rings (SSSR count). The van der Waals surface area contributed by atoms with Gasteiger partial charge in [-0.3, -0.25) is 4.79 Å². The minimum atomic E-state index is -1.03. The fourth-order valence-electron chi connectivity index (χ4n) is 4.01. The zero-order valence-corrected chi connectivity index (χ0v) is 21.8. The van der Waals surface area contributed by atoms with Gasteiger partial charge in [-0.1, -0.05) is 71.9 Å². The van der Waals surface area contributed by atoms with E-state index >= 15 is 0 Å². The molecule has 0 unspecified atom stereocenters. The first-order chi connectivity index (χ1) is 18.9. The van der Waals surface area contributed by atoms with E-state index in [9.17, 15) is 20.0 Å². The number of amides is 1. The lowest BCUT2D eigenvalue weighted by Gasteiger charge is -2.10. The summed E-state index contributed by atoms with van der Waals surface area (Å²) in [5.74, 6) is -1.25. The van der Waals surface area contributed by atoms with Crippen LogP contribution in [0.4, 0.5) is 5.69 Å². The van der Waals surface area contributed by atoms with Gasteiger partial charge >= 0.3 is 5.97 Å². The van der Waals surface area contributed by atoms with Crippen LogP contribution in [0.1, 0.15) is 15.9 Å². The van der Waals surface area contributed by atoms with Crippen molar-refractivity contribution in [3.8, 4) is 28.6 Å². The fraction of sp³-hybridized carbons (Fsp3) is 0.0333. The Labute approximate surface area is 233 Å².